The molecule has 0 saturated carbocycles. The smallest absolute Gasteiger partial charge is 0.137 e. The maximum Gasteiger partial charge on any atom is 0.137 e. The molecule has 0 bridgehead atoms. The van der Waals surface area contributed by atoms with Gasteiger partial charge in [0, 0.05) is 55.2 Å². The molecule has 0 saturated heterocycles. The maximum atomic E-state index is 6.35. The third-order valence-corrected chi connectivity index (χ3v) is 12.1. The number of hydrogen-bond acceptors (Lipinski definition) is 1. The minimum atomic E-state index is -0.0627. The van der Waals surface area contributed by atoms with E-state index < -0.39 is 0 Å². The van der Waals surface area contributed by atoms with Crippen LogP contribution in [0.15, 0.2) is 174 Å². The van der Waals surface area contributed by atoms with Crippen LogP contribution in [0.5, 0.6) is 0 Å². The molecule has 11 aromatic rings. The second kappa shape index (κ2) is 10.6. The highest BCUT2D eigenvalue weighted by molar-refractivity contribution is 6.13. The van der Waals surface area contributed by atoms with Crippen LogP contribution in [0.2, 0.25) is 0 Å². The van der Waals surface area contributed by atoms with Crippen molar-refractivity contribution in [2.45, 2.75) is 19.3 Å². The summed E-state index contributed by atoms with van der Waals surface area (Å²) >= 11 is 0. The maximum absolute atomic E-state index is 6.35. The highest BCUT2D eigenvalue weighted by Crippen LogP contribution is 2.49. The fourth-order valence-electron chi connectivity index (χ4n) is 9.54. The van der Waals surface area contributed by atoms with Gasteiger partial charge >= 0.3 is 0 Å². The van der Waals surface area contributed by atoms with Gasteiger partial charge in [-0.3, -0.25) is 0 Å². The number of hydrogen-bond donors (Lipinski definition) is 0. The molecule has 3 heteroatoms. The summed E-state index contributed by atoms with van der Waals surface area (Å²) in [5.41, 5.74) is 16.7. The normalized spacial score (nSPS) is 13.5. The molecule has 0 unspecified atom stereocenters. The first-order valence-electron chi connectivity index (χ1n) is 18.8. The summed E-state index contributed by atoms with van der Waals surface area (Å²) < 4.78 is 11.2. The van der Waals surface area contributed by atoms with E-state index in [1.165, 1.54) is 82.7 Å². The first-order valence-corrected chi connectivity index (χ1v) is 18.8. The van der Waals surface area contributed by atoms with Crippen molar-refractivity contribution in [3.8, 4) is 33.6 Å². The van der Waals surface area contributed by atoms with Crippen molar-refractivity contribution in [1.82, 2.24) is 9.13 Å². The van der Waals surface area contributed by atoms with E-state index in [9.17, 15) is 0 Å². The predicted molar refractivity (Wildman–Crippen MR) is 225 cm³/mol. The van der Waals surface area contributed by atoms with Crippen molar-refractivity contribution in [3.05, 3.63) is 181 Å². The largest absolute Gasteiger partial charge is 0.456 e. The minimum absolute atomic E-state index is 0.0627. The van der Waals surface area contributed by atoms with E-state index in [4.69, 9.17) is 4.42 Å². The Morgan fingerprint density at radius 2 is 0.926 bits per heavy atom. The Labute approximate surface area is 311 Å². The zero-order valence-corrected chi connectivity index (χ0v) is 30.0. The van der Waals surface area contributed by atoms with Gasteiger partial charge in [0.25, 0.3) is 0 Å². The van der Waals surface area contributed by atoms with Crippen LogP contribution in [-0.4, -0.2) is 9.13 Å². The molecule has 12 rings (SSSR count). The van der Waals surface area contributed by atoms with Crippen LogP contribution in [-0.2, 0) is 5.41 Å². The van der Waals surface area contributed by atoms with E-state index in [-0.39, 0.29) is 5.41 Å². The summed E-state index contributed by atoms with van der Waals surface area (Å²) in [5, 5.41) is 7.26. The zero-order valence-electron chi connectivity index (χ0n) is 30.0. The van der Waals surface area contributed by atoms with Crippen molar-refractivity contribution in [2.75, 3.05) is 0 Å². The van der Waals surface area contributed by atoms with Crippen LogP contribution in [0.4, 0.5) is 0 Å². The topological polar surface area (TPSA) is 23.0 Å². The highest BCUT2D eigenvalue weighted by Gasteiger charge is 2.35. The van der Waals surface area contributed by atoms with E-state index in [2.05, 4.69) is 181 Å². The van der Waals surface area contributed by atoms with Gasteiger partial charge in [-0.05, 0) is 94.0 Å². The number of furan rings is 1. The Morgan fingerprint density at radius 3 is 1.78 bits per heavy atom. The van der Waals surface area contributed by atoms with Crippen LogP contribution in [0.3, 0.4) is 0 Å². The monoisotopic (exact) mass is 690 g/mol. The molecule has 0 amide bonds. The van der Waals surface area contributed by atoms with Crippen LogP contribution in [0.1, 0.15) is 25.0 Å². The van der Waals surface area contributed by atoms with Gasteiger partial charge in [-0.15, -0.1) is 0 Å². The molecular weight excluding hydrogens is 657 g/mol. The molecule has 3 heterocycles. The summed E-state index contributed by atoms with van der Waals surface area (Å²) in [5.74, 6) is 0. The van der Waals surface area contributed by atoms with Crippen molar-refractivity contribution in [1.29, 1.82) is 0 Å². The molecule has 0 N–H and O–H groups in total. The molecule has 0 aliphatic heterocycles. The fourth-order valence-corrected chi connectivity index (χ4v) is 9.54. The molecule has 1 aliphatic carbocycles. The molecule has 3 aromatic heterocycles. The quantitative estimate of drug-likeness (QED) is 0.181. The van der Waals surface area contributed by atoms with Gasteiger partial charge in [0.05, 0.1) is 22.1 Å². The third kappa shape index (κ3) is 3.96. The third-order valence-electron chi connectivity index (χ3n) is 12.1. The van der Waals surface area contributed by atoms with Crippen LogP contribution >= 0.6 is 0 Å². The van der Waals surface area contributed by atoms with E-state index >= 15 is 0 Å². The number of aromatic nitrogens is 2. The van der Waals surface area contributed by atoms with Gasteiger partial charge in [0.1, 0.15) is 11.2 Å². The summed E-state index contributed by atoms with van der Waals surface area (Å²) in [4.78, 5) is 0. The lowest BCUT2D eigenvalue weighted by Gasteiger charge is -2.22. The Hall–Kier alpha value is -6.84. The van der Waals surface area contributed by atoms with Gasteiger partial charge < -0.3 is 13.6 Å². The van der Waals surface area contributed by atoms with Gasteiger partial charge in [0.15, 0.2) is 0 Å². The molecule has 0 radical (unpaired) electrons. The molecule has 0 atom stereocenters. The number of para-hydroxylation sites is 3. The van der Waals surface area contributed by atoms with Crippen molar-refractivity contribution in [2.24, 2.45) is 0 Å². The van der Waals surface area contributed by atoms with Gasteiger partial charge in [-0.1, -0.05) is 117 Å². The Bertz CT molecular complexity index is 3370. The zero-order chi connectivity index (χ0) is 35.7. The summed E-state index contributed by atoms with van der Waals surface area (Å²) in [6.07, 6.45) is 0. The number of fused-ring (bicyclic) bond motifs is 12. The average Bonchev–Trinajstić information content (AvgIpc) is 3.92. The van der Waals surface area contributed by atoms with Crippen LogP contribution < -0.4 is 0 Å². The highest BCUT2D eigenvalue weighted by atomic mass is 16.3. The number of benzene rings is 8. The number of rotatable bonds is 3. The van der Waals surface area contributed by atoms with Crippen molar-refractivity contribution < 1.29 is 4.42 Å². The Kier molecular flexibility index (Phi) is 5.84. The average molecular weight is 691 g/mol. The first kappa shape index (κ1) is 29.7. The van der Waals surface area contributed by atoms with E-state index in [0.717, 1.165) is 27.6 Å². The molecule has 254 valence electrons. The molecular formula is C51H34N2O. The minimum Gasteiger partial charge on any atom is -0.456 e. The molecule has 1 aliphatic rings. The molecule has 3 nitrogen and oxygen atoms in total. The van der Waals surface area contributed by atoms with Gasteiger partial charge in [0.2, 0.25) is 0 Å². The molecule has 0 spiro atoms. The van der Waals surface area contributed by atoms with Crippen LogP contribution in [0.25, 0.3) is 99.2 Å². The summed E-state index contributed by atoms with van der Waals surface area (Å²) in [6.45, 7) is 4.71. The predicted octanol–water partition coefficient (Wildman–Crippen LogP) is 13.8. The Balaban J connectivity index is 1.03. The number of nitrogens with zero attached hydrogens (tertiary/aromatic N) is 2. The molecule has 54 heavy (non-hydrogen) atoms. The standard InChI is InChI=1S/C51H34N2O/c1-51(2)43-15-7-3-11-35(43)36-24-21-33(29-44(36)51)52-46-17-9-5-13-38(46)42-27-31(20-26-47(42)52)32-19-23-39-37-12-4-8-16-45(37)53(48(39)28-32)34-22-25-41-40-14-6-10-18-49(40)54-50(41)30-34/h3-30H,1-2H3. The van der Waals surface area contributed by atoms with E-state index in [1.54, 1.807) is 0 Å². The first-order chi connectivity index (χ1) is 26.5. The summed E-state index contributed by atoms with van der Waals surface area (Å²) in [7, 11) is 0. The fraction of sp³-hybridized carbons (Fsp3) is 0.0588. The van der Waals surface area contributed by atoms with E-state index in [0.29, 0.717) is 0 Å². The second-order valence-electron chi connectivity index (χ2n) is 15.3. The SMILES string of the molecule is CC1(C)c2ccccc2-c2ccc(-n3c4ccccc4c4cc(-c5ccc6c7ccccc7n(-c7ccc8c(c7)oc7ccccc78)c6c5)ccc43)cc21. The lowest BCUT2D eigenvalue weighted by molar-refractivity contribution is 0.660. The second-order valence-corrected chi connectivity index (χ2v) is 15.3. The van der Waals surface area contributed by atoms with Crippen molar-refractivity contribution in [3.63, 3.8) is 0 Å². The lowest BCUT2D eigenvalue weighted by atomic mass is 9.82. The van der Waals surface area contributed by atoms with Crippen molar-refractivity contribution >= 4 is 65.6 Å². The Morgan fingerprint density at radius 1 is 0.370 bits per heavy atom. The van der Waals surface area contributed by atoms with Crippen LogP contribution in [0, 0.1) is 0 Å². The molecule has 8 aromatic carbocycles. The van der Waals surface area contributed by atoms with E-state index in [1.807, 2.05) is 12.1 Å². The lowest BCUT2D eigenvalue weighted by Crippen LogP contribution is -2.15. The van der Waals surface area contributed by atoms with Gasteiger partial charge in [-0.25, -0.2) is 0 Å². The van der Waals surface area contributed by atoms with Gasteiger partial charge in [-0.2, -0.15) is 0 Å². The summed E-state index contributed by atoms with van der Waals surface area (Å²) in [6, 6.07) is 62.3. The molecule has 0 fully saturated rings.